The number of unbranched alkanes of at least 4 members (excludes halogenated alkanes) is 3. The fourth-order valence-corrected chi connectivity index (χ4v) is 3.45. The minimum absolute atomic E-state index is 0.115. The largest absolute Gasteiger partial charge is 0.339 e. The highest BCUT2D eigenvalue weighted by Gasteiger charge is 2.17. The van der Waals surface area contributed by atoms with E-state index < -0.39 is 0 Å². The Morgan fingerprint density at radius 3 is 2.41 bits per heavy atom. The van der Waals surface area contributed by atoms with Crippen molar-refractivity contribution in [1.82, 2.24) is 15.5 Å². The van der Waals surface area contributed by atoms with Crippen molar-refractivity contribution in [3.8, 4) is 0 Å². The van der Waals surface area contributed by atoms with Crippen LogP contribution in [-0.4, -0.2) is 36.0 Å². The molecule has 0 bridgehead atoms. The second-order valence-electron chi connectivity index (χ2n) is 7.63. The lowest BCUT2D eigenvalue weighted by atomic mass is 10.1. The summed E-state index contributed by atoms with van der Waals surface area (Å²) in [6, 6.07) is 7.62. The summed E-state index contributed by atoms with van der Waals surface area (Å²) in [6.45, 7) is 6.43. The number of amides is 3. The van der Waals surface area contributed by atoms with Gasteiger partial charge in [-0.15, -0.1) is 0 Å². The van der Waals surface area contributed by atoms with Crippen LogP contribution in [0.3, 0.4) is 0 Å². The van der Waals surface area contributed by atoms with Crippen LogP contribution in [0.2, 0.25) is 0 Å². The number of nitrogens with one attached hydrogen (secondary N) is 2. The van der Waals surface area contributed by atoms with E-state index in [4.69, 9.17) is 0 Å². The summed E-state index contributed by atoms with van der Waals surface area (Å²) in [6.07, 6.45) is 9.29. The summed E-state index contributed by atoms with van der Waals surface area (Å²) in [5, 5.41) is 5.89. The van der Waals surface area contributed by atoms with E-state index in [0.717, 1.165) is 49.9 Å². The smallest absolute Gasteiger partial charge is 0.315 e. The fourth-order valence-electron chi connectivity index (χ4n) is 3.45. The molecule has 1 aliphatic rings. The summed E-state index contributed by atoms with van der Waals surface area (Å²) >= 11 is 0. The van der Waals surface area contributed by atoms with Crippen molar-refractivity contribution in [2.24, 2.45) is 0 Å². The van der Waals surface area contributed by atoms with Crippen LogP contribution in [0.1, 0.15) is 81.1 Å². The maximum absolute atomic E-state index is 12.5. The molecular weight excluding hydrogens is 338 g/mol. The molecule has 0 saturated carbocycles. The molecule has 1 saturated heterocycles. The Bertz CT molecular complexity index is 580. The Morgan fingerprint density at radius 2 is 1.74 bits per heavy atom. The van der Waals surface area contributed by atoms with Gasteiger partial charge in [-0.1, -0.05) is 44.7 Å². The summed E-state index contributed by atoms with van der Waals surface area (Å²) in [5.74, 6) is 0.115. The van der Waals surface area contributed by atoms with Crippen molar-refractivity contribution in [1.29, 1.82) is 0 Å². The average molecular weight is 374 g/mol. The molecule has 0 aliphatic carbocycles. The van der Waals surface area contributed by atoms with E-state index in [0.29, 0.717) is 6.54 Å². The van der Waals surface area contributed by atoms with Gasteiger partial charge in [0.15, 0.2) is 0 Å². The summed E-state index contributed by atoms with van der Waals surface area (Å²) in [4.78, 5) is 26.4. The summed E-state index contributed by atoms with van der Waals surface area (Å²) in [5.41, 5.74) is 1.72. The number of nitrogens with zero attached hydrogens (tertiary/aromatic N) is 1. The first-order valence-electron chi connectivity index (χ1n) is 10.5. The van der Waals surface area contributed by atoms with Gasteiger partial charge in [-0.25, -0.2) is 4.79 Å². The minimum atomic E-state index is -0.133. The van der Waals surface area contributed by atoms with Crippen LogP contribution in [0.4, 0.5) is 4.79 Å². The Hall–Kier alpha value is -2.04. The zero-order valence-electron chi connectivity index (χ0n) is 16.9. The Balaban J connectivity index is 1.71. The fraction of sp³-hybridized carbons (Fsp3) is 0.636. The van der Waals surface area contributed by atoms with Crippen LogP contribution in [-0.2, 0) is 6.54 Å². The molecule has 1 atom stereocenters. The highest BCUT2D eigenvalue weighted by atomic mass is 16.2. The number of hydrogen-bond donors (Lipinski definition) is 2. The van der Waals surface area contributed by atoms with E-state index in [9.17, 15) is 9.59 Å². The van der Waals surface area contributed by atoms with Crippen molar-refractivity contribution in [2.75, 3.05) is 13.1 Å². The molecular formula is C22H35N3O2. The number of likely N-dealkylation sites (tertiary alicyclic amines) is 1. The van der Waals surface area contributed by atoms with Crippen LogP contribution in [0, 0.1) is 0 Å². The van der Waals surface area contributed by atoms with E-state index in [1.807, 2.05) is 36.1 Å². The molecule has 150 valence electrons. The molecule has 0 aromatic heterocycles. The molecule has 5 nitrogen and oxygen atoms in total. The molecule has 27 heavy (non-hydrogen) atoms. The summed E-state index contributed by atoms with van der Waals surface area (Å²) < 4.78 is 0. The maximum atomic E-state index is 12.5. The van der Waals surface area contributed by atoms with Gasteiger partial charge >= 0.3 is 6.03 Å². The molecule has 1 aromatic carbocycles. The number of hydrogen-bond acceptors (Lipinski definition) is 2. The molecule has 1 unspecified atom stereocenters. The molecule has 1 heterocycles. The third-order valence-electron chi connectivity index (χ3n) is 5.17. The van der Waals surface area contributed by atoms with Gasteiger partial charge in [-0.3, -0.25) is 4.79 Å². The van der Waals surface area contributed by atoms with Crippen molar-refractivity contribution in [3.05, 3.63) is 35.4 Å². The third-order valence-corrected chi connectivity index (χ3v) is 5.17. The molecule has 2 N–H and O–H groups in total. The van der Waals surface area contributed by atoms with Gasteiger partial charge in [0.05, 0.1) is 0 Å². The number of benzene rings is 1. The van der Waals surface area contributed by atoms with E-state index in [-0.39, 0.29) is 18.0 Å². The summed E-state index contributed by atoms with van der Waals surface area (Å²) in [7, 11) is 0. The van der Waals surface area contributed by atoms with Crippen molar-refractivity contribution < 1.29 is 9.59 Å². The van der Waals surface area contributed by atoms with Gasteiger partial charge in [0.1, 0.15) is 0 Å². The van der Waals surface area contributed by atoms with Gasteiger partial charge in [-0.05, 0) is 50.3 Å². The predicted octanol–water partition coefficient (Wildman–Crippen LogP) is 4.47. The zero-order valence-corrected chi connectivity index (χ0v) is 16.9. The highest BCUT2D eigenvalue weighted by molar-refractivity contribution is 5.94. The molecule has 1 aliphatic heterocycles. The monoisotopic (exact) mass is 373 g/mol. The van der Waals surface area contributed by atoms with E-state index in [2.05, 4.69) is 17.6 Å². The second-order valence-corrected chi connectivity index (χ2v) is 7.63. The maximum Gasteiger partial charge on any atom is 0.315 e. The SMILES string of the molecule is CCCCCCC(C)NC(=O)NCc1ccc(C(=O)N2CCCCC2)cc1. The third kappa shape index (κ3) is 7.61. The second kappa shape index (κ2) is 11.6. The lowest BCUT2D eigenvalue weighted by Gasteiger charge is -2.26. The number of piperidine rings is 1. The van der Waals surface area contributed by atoms with Crippen LogP contribution >= 0.6 is 0 Å². The van der Waals surface area contributed by atoms with Gasteiger partial charge in [0.25, 0.3) is 5.91 Å². The van der Waals surface area contributed by atoms with E-state index >= 15 is 0 Å². The molecule has 1 fully saturated rings. The standard InChI is InChI=1S/C22H35N3O2/c1-3-4-5-7-10-18(2)24-22(27)23-17-19-11-13-20(14-12-19)21(26)25-15-8-6-9-16-25/h11-14,18H,3-10,15-17H2,1-2H3,(H2,23,24,27). The van der Waals surface area contributed by atoms with Gasteiger partial charge in [0, 0.05) is 31.2 Å². The van der Waals surface area contributed by atoms with Crippen molar-refractivity contribution >= 4 is 11.9 Å². The molecule has 0 spiro atoms. The quantitative estimate of drug-likeness (QED) is 0.627. The normalized spacial score (nSPS) is 15.3. The van der Waals surface area contributed by atoms with Gasteiger partial charge in [0.2, 0.25) is 0 Å². The minimum Gasteiger partial charge on any atom is -0.339 e. The average Bonchev–Trinajstić information content (AvgIpc) is 2.70. The predicted molar refractivity (Wildman–Crippen MR) is 110 cm³/mol. The van der Waals surface area contributed by atoms with Crippen LogP contribution < -0.4 is 10.6 Å². The number of rotatable bonds is 9. The molecule has 5 heteroatoms. The Kier molecular flexibility index (Phi) is 9.16. The lowest BCUT2D eigenvalue weighted by molar-refractivity contribution is 0.0724. The molecule has 3 amide bonds. The first-order valence-corrected chi connectivity index (χ1v) is 10.5. The topological polar surface area (TPSA) is 61.4 Å². The molecule has 0 radical (unpaired) electrons. The van der Waals surface area contributed by atoms with Crippen LogP contribution in [0.25, 0.3) is 0 Å². The molecule has 2 rings (SSSR count). The van der Waals surface area contributed by atoms with E-state index in [1.54, 1.807) is 0 Å². The number of carbonyl (C=O) groups is 2. The lowest BCUT2D eigenvalue weighted by Crippen LogP contribution is -2.40. The van der Waals surface area contributed by atoms with Gasteiger partial charge < -0.3 is 15.5 Å². The number of carbonyl (C=O) groups excluding carboxylic acids is 2. The Morgan fingerprint density at radius 1 is 1.04 bits per heavy atom. The van der Waals surface area contributed by atoms with E-state index in [1.165, 1.54) is 25.7 Å². The highest BCUT2D eigenvalue weighted by Crippen LogP contribution is 2.14. The van der Waals surface area contributed by atoms with Crippen LogP contribution in [0.5, 0.6) is 0 Å². The number of urea groups is 1. The Labute approximate surface area is 163 Å². The molecule has 1 aromatic rings. The first-order chi connectivity index (χ1) is 13.1. The van der Waals surface area contributed by atoms with Crippen molar-refractivity contribution in [3.63, 3.8) is 0 Å². The van der Waals surface area contributed by atoms with Crippen LogP contribution in [0.15, 0.2) is 24.3 Å². The van der Waals surface area contributed by atoms with Crippen molar-refractivity contribution in [2.45, 2.75) is 77.8 Å². The first kappa shape index (κ1) is 21.3. The van der Waals surface area contributed by atoms with Gasteiger partial charge in [-0.2, -0.15) is 0 Å². The zero-order chi connectivity index (χ0) is 19.5.